The monoisotopic (exact) mass is 745 g/mol. The second-order valence-electron chi connectivity index (χ2n) is 14.5. The van der Waals surface area contributed by atoms with Crippen LogP contribution in [0.5, 0.6) is 0 Å². The van der Waals surface area contributed by atoms with Gasteiger partial charge in [0.05, 0.1) is 33.0 Å². The van der Waals surface area contributed by atoms with E-state index in [0.29, 0.717) is 5.82 Å². The highest BCUT2D eigenvalue weighted by atomic mass is 32.1. The summed E-state index contributed by atoms with van der Waals surface area (Å²) in [6.45, 7) is 0. The van der Waals surface area contributed by atoms with E-state index in [-0.39, 0.29) is 0 Å². The van der Waals surface area contributed by atoms with Crippen LogP contribution in [-0.4, -0.2) is 24.1 Å². The lowest BCUT2D eigenvalue weighted by Crippen LogP contribution is -2.03. The summed E-state index contributed by atoms with van der Waals surface area (Å²) < 4.78 is 5.92. The summed E-state index contributed by atoms with van der Waals surface area (Å²) in [4.78, 5) is 16.2. The molecule has 0 aliphatic rings. The van der Waals surface area contributed by atoms with Crippen LogP contribution in [0.2, 0.25) is 0 Å². The Morgan fingerprint density at radius 3 is 1.72 bits per heavy atom. The molecule has 5 aromatic heterocycles. The number of hydrogen-bond donors (Lipinski definition) is 0. The standard InChI is InChI=1S/C51H31N5S/c1-3-11-32(12-4-1)47-31-36-21-24-42-48(49(36)57-47)51(54-50(53-42)33-25-27-52-28-26-33)56-44-18-10-8-16-39(44)41-23-20-35(30-46(41)56)34-19-22-40-38-15-7-9-17-43(38)55(45(40)29-34)37-13-5-2-6-14-37/h1-31H. The van der Waals surface area contributed by atoms with Crippen LogP contribution >= 0.6 is 11.3 Å². The summed E-state index contributed by atoms with van der Waals surface area (Å²) in [5, 5.41) is 7.05. The summed E-state index contributed by atoms with van der Waals surface area (Å²) in [6.07, 6.45) is 3.61. The molecule has 0 saturated heterocycles. The van der Waals surface area contributed by atoms with Crippen LogP contribution in [0.25, 0.3) is 109 Å². The Morgan fingerprint density at radius 2 is 1.02 bits per heavy atom. The van der Waals surface area contributed by atoms with Crippen LogP contribution in [0.15, 0.2) is 188 Å². The van der Waals surface area contributed by atoms with Crippen molar-refractivity contribution in [1.29, 1.82) is 0 Å². The van der Waals surface area contributed by atoms with Gasteiger partial charge in [0.25, 0.3) is 0 Å². The van der Waals surface area contributed by atoms with E-state index in [1.165, 1.54) is 53.1 Å². The molecule has 0 amide bonds. The first-order chi connectivity index (χ1) is 28.3. The maximum absolute atomic E-state index is 5.49. The minimum Gasteiger partial charge on any atom is -0.309 e. The van der Waals surface area contributed by atoms with Crippen LogP contribution < -0.4 is 0 Å². The Labute approximate surface area is 331 Å². The van der Waals surface area contributed by atoms with Gasteiger partial charge in [-0.05, 0) is 82.7 Å². The van der Waals surface area contributed by atoms with Gasteiger partial charge in [-0.2, -0.15) is 0 Å². The number of thiophene rings is 1. The second-order valence-corrected chi connectivity index (χ2v) is 15.5. The van der Waals surface area contributed by atoms with Crippen LogP contribution in [0.1, 0.15) is 0 Å². The van der Waals surface area contributed by atoms with Gasteiger partial charge in [-0.15, -0.1) is 11.3 Å². The molecule has 0 radical (unpaired) electrons. The zero-order chi connectivity index (χ0) is 37.5. The van der Waals surface area contributed by atoms with Crippen LogP contribution in [0.3, 0.4) is 0 Å². The van der Waals surface area contributed by atoms with Gasteiger partial charge in [0, 0.05) is 54.8 Å². The third-order valence-electron chi connectivity index (χ3n) is 11.2. The van der Waals surface area contributed by atoms with E-state index in [1.54, 1.807) is 23.7 Å². The number of para-hydroxylation sites is 3. The van der Waals surface area contributed by atoms with Crippen molar-refractivity contribution in [3.8, 4) is 44.5 Å². The number of rotatable bonds is 5. The Balaban J connectivity index is 1.15. The average molecular weight is 746 g/mol. The highest BCUT2D eigenvalue weighted by Gasteiger charge is 2.22. The minimum absolute atomic E-state index is 0.667. The molecule has 0 bridgehead atoms. The molecular weight excluding hydrogens is 715 g/mol. The minimum atomic E-state index is 0.667. The molecule has 12 rings (SSSR count). The fourth-order valence-electron chi connectivity index (χ4n) is 8.62. The predicted octanol–water partition coefficient (Wildman–Crippen LogP) is 13.4. The summed E-state index contributed by atoms with van der Waals surface area (Å²) in [7, 11) is 0. The third-order valence-corrected chi connectivity index (χ3v) is 12.4. The molecule has 0 fully saturated rings. The van der Waals surface area contributed by atoms with Gasteiger partial charge in [0.1, 0.15) is 0 Å². The first kappa shape index (κ1) is 31.9. The zero-order valence-corrected chi connectivity index (χ0v) is 31.4. The lowest BCUT2D eigenvalue weighted by molar-refractivity contribution is 1.08. The van der Waals surface area contributed by atoms with Crippen molar-refractivity contribution < 1.29 is 0 Å². The summed E-state index contributed by atoms with van der Waals surface area (Å²) in [5.41, 5.74) is 11.0. The highest BCUT2D eigenvalue weighted by molar-refractivity contribution is 7.23. The second kappa shape index (κ2) is 12.6. The predicted molar refractivity (Wildman–Crippen MR) is 238 cm³/mol. The van der Waals surface area contributed by atoms with Gasteiger partial charge in [-0.25, -0.2) is 9.97 Å². The molecule has 0 atom stereocenters. The maximum atomic E-state index is 5.49. The summed E-state index contributed by atoms with van der Waals surface area (Å²) in [5.74, 6) is 1.53. The van der Waals surface area contributed by atoms with Crippen molar-refractivity contribution in [3.63, 3.8) is 0 Å². The smallest absolute Gasteiger partial charge is 0.162 e. The van der Waals surface area contributed by atoms with Crippen LogP contribution in [-0.2, 0) is 0 Å². The fraction of sp³-hybridized carbons (Fsp3) is 0. The van der Waals surface area contributed by atoms with Gasteiger partial charge in [-0.1, -0.05) is 115 Å². The van der Waals surface area contributed by atoms with E-state index in [2.05, 4.69) is 178 Å². The van der Waals surface area contributed by atoms with Crippen molar-refractivity contribution in [1.82, 2.24) is 24.1 Å². The number of hydrogen-bond acceptors (Lipinski definition) is 4. The molecule has 0 spiro atoms. The highest BCUT2D eigenvalue weighted by Crippen LogP contribution is 2.43. The summed E-state index contributed by atoms with van der Waals surface area (Å²) in [6, 6.07) is 63.0. The Hall–Kier alpha value is -7.41. The lowest BCUT2D eigenvalue weighted by Gasteiger charge is -2.14. The molecule has 12 aromatic rings. The molecule has 266 valence electrons. The van der Waals surface area contributed by atoms with Crippen molar-refractivity contribution in [3.05, 3.63) is 188 Å². The van der Waals surface area contributed by atoms with Crippen molar-refractivity contribution in [2.24, 2.45) is 0 Å². The maximum Gasteiger partial charge on any atom is 0.162 e. The Morgan fingerprint density at radius 1 is 0.421 bits per heavy atom. The zero-order valence-electron chi connectivity index (χ0n) is 30.5. The number of aromatic nitrogens is 5. The molecule has 0 aliphatic heterocycles. The van der Waals surface area contributed by atoms with Crippen molar-refractivity contribution in [2.75, 3.05) is 0 Å². The number of benzene rings is 7. The van der Waals surface area contributed by atoms with E-state index in [0.717, 1.165) is 50.1 Å². The summed E-state index contributed by atoms with van der Waals surface area (Å²) >= 11 is 1.80. The topological polar surface area (TPSA) is 48.5 Å². The van der Waals surface area contributed by atoms with E-state index < -0.39 is 0 Å². The lowest BCUT2D eigenvalue weighted by atomic mass is 10.0. The first-order valence-corrected chi connectivity index (χ1v) is 19.9. The third kappa shape index (κ3) is 4.98. The largest absolute Gasteiger partial charge is 0.309 e. The van der Waals surface area contributed by atoms with Gasteiger partial charge >= 0.3 is 0 Å². The molecule has 0 N–H and O–H groups in total. The van der Waals surface area contributed by atoms with Crippen LogP contribution in [0.4, 0.5) is 0 Å². The quantitative estimate of drug-likeness (QED) is 0.176. The molecule has 7 aromatic carbocycles. The van der Waals surface area contributed by atoms with Gasteiger partial charge < -0.3 is 4.57 Å². The van der Waals surface area contributed by atoms with Crippen molar-refractivity contribution in [2.45, 2.75) is 0 Å². The molecule has 5 heterocycles. The molecule has 0 saturated carbocycles. The number of pyridine rings is 1. The van der Waals surface area contributed by atoms with E-state index in [9.17, 15) is 0 Å². The molecule has 6 heteroatoms. The van der Waals surface area contributed by atoms with Gasteiger partial charge in [0.2, 0.25) is 0 Å². The van der Waals surface area contributed by atoms with Gasteiger partial charge in [-0.3, -0.25) is 9.55 Å². The SMILES string of the molecule is c1ccc(-c2cc3ccc4nc(-c5ccncc5)nc(-n5c6ccccc6c6ccc(-c7ccc8c9ccccc9n(-c9ccccc9)c8c7)cc65)c4c3s2)cc1. The molecule has 57 heavy (non-hydrogen) atoms. The van der Waals surface area contributed by atoms with Crippen LogP contribution in [0, 0.1) is 0 Å². The van der Waals surface area contributed by atoms with E-state index in [4.69, 9.17) is 9.97 Å². The number of fused-ring (bicyclic) bond motifs is 9. The average Bonchev–Trinajstić information content (AvgIpc) is 3.97. The molecule has 0 aliphatic carbocycles. The van der Waals surface area contributed by atoms with E-state index in [1.807, 2.05) is 12.1 Å². The first-order valence-electron chi connectivity index (χ1n) is 19.1. The number of nitrogens with zero attached hydrogens (tertiary/aromatic N) is 5. The normalized spacial score (nSPS) is 11.9. The van der Waals surface area contributed by atoms with Gasteiger partial charge in [0.15, 0.2) is 11.6 Å². The van der Waals surface area contributed by atoms with Crippen molar-refractivity contribution >= 4 is 75.9 Å². The molecule has 5 nitrogen and oxygen atoms in total. The Kier molecular flexibility index (Phi) is 7.03. The Bertz CT molecular complexity index is 3510. The van der Waals surface area contributed by atoms with E-state index >= 15 is 0 Å². The fourth-order valence-corrected chi connectivity index (χ4v) is 9.82. The molecular formula is C51H31N5S. The molecule has 0 unspecified atom stereocenters.